The molecular weight excluding hydrogens is 475 g/mol. The first-order chi connectivity index (χ1) is 12.5. The Morgan fingerprint density at radius 3 is 2.74 bits per heavy atom. The van der Waals surface area contributed by atoms with Crippen molar-refractivity contribution in [1.29, 1.82) is 0 Å². The maximum atomic E-state index is 10.2. The van der Waals surface area contributed by atoms with Gasteiger partial charge in [-0.05, 0) is 30.9 Å². The third-order valence-electron chi connectivity index (χ3n) is 3.87. The van der Waals surface area contributed by atoms with Crippen LogP contribution in [0.1, 0.15) is 43.0 Å². The van der Waals surface area contributed by atoms with Crippen molar-refractivity contribution in [3.8, 4) is 11.5 Å². The van der Waals surface area contributed by atoms with Gasteiger partial charge in [0.2, 0.25) is 0 Å². The Balaban J connectivity index is 0.00000364. The highest BCUT2D eigenvalue weighted by Gasteiger charge is 2.08. The molecule has 0 fully saturated rings. The molecule has 150 valence electrons. The number of phenolic OH excluding ortho intramolecular Hbond substituents is 1. The van der Waals surface area contributed by atoms with Crippen molar-refractivity contribution in [3.63, 3.8) is 0 Å². The summed E-state index contributed by atoms with van der Waals surface area (Å²) < 4.78 is 5.15. The number of rotatable bonds is 8. The number of hydrogen-bond donors (Lipinski definition) is 3. The lowest BCUT2D eigenvalue weighted by Crippen LogP contribution is -2.38. The quantitative estimate of drug-likeness (QED) is 0.289. The summed E-state index contributed by atoms with van der Waals surface area (Å²) in [7, 11) is 1.55. The van der Waals surface area contributed by atoms with Gasteiger partial charge in [-0.2, -0.15) is 0 Å². The molecule has 2 rings (SSSR count). The summed E-state index contributed by atoms with van der Waals surface area (Å²) in [6, 6.07) is 5.52. The fourth-order valence-electron chi connectivity index (χ4n) is 2.40. The molecule has 0 saturated carbocycles. The SMILES string of the molecule is CCNC(=NCc1nc(C(C)C)cs1)NCCc1cccc(OC)c1O.I. The topological polar surface area (TPSA) is 78.8 Å². The normalized spacial score (nSPS) is 11.2. The fraction of sp³-hybridized carbons (Fsp3) is 0.474. The van der Waals surface area contributed by atoms with Crippen LogP contribution in [-0.4, -0.2) is 36.2 Å². The highest BCUT2D eigenvalue weighted by atomic mass is 127. The van der Waals surface area contributed by atoms with Crippen LogP contribution >= 0.6 is 35.3 Å². The summed E-state index contributed by atoms with van der Waals surface area (Å²) in [4.78, 5) is 9.21. The van der Waals surface area contributed by atoms with Gasteiger partial charge in [0, 0.05) is 18.5 Å². The summed E-state index contributed by atoms with van der Waals surface area (Å²) in [6.07, 6.45) is 0.669. The number of thiazole rings is 1. The number of guanidine groups is 1. The highest BCUT2D eigenvalue weighted by molar-refractivity contribution is 14.0. The predicted octanol–water partition coefficient (Wildman–Crippen LogP) is 3.90. The van der Waals surface area contributed by atoms with Crippen LogP contribution in [0, 0.1) is 0 Å². The van der Waals surface area contributed by atoms with E-state index in [1.54, 1.807) is 24.5 Å². The van der Waals surface area contributed by atoms with Crippen LogP contribution in [0.2, 0.25) is 0 Å². The minimum Gasteiger partial charge on any atom is -0.504 e. The van der Waals surface area contributed by atoms with Crippen LogP contribution in [0.3, 0.4) is 0 Å². The molecule has 2 aromatic rings. The van der Waals surface area contributed by atoms with Crippen molar-refractivity contribution >= 4 is 41.3 Å². The molecule has 0 saturated heterocycles. The largest absolute Gasteiger partial charge is 0.504 e. The van der Waals surface area contributed by atoms with Crippen LogP contribution < -0.4 is 15.4 Å². The van der Waals surface area contributed by atoms with Gasteiger partial charge in [0.05, 0.1) is 19.3 Å². The van der Waals surface area contributed by atoms with Crippen LogP contribution in [0.5, 0.6) is 11.5 Å². The molecule has 0 aliphatic heterocycles. The zero-order valence-corrected chi connectivity index (χ0v) is 19.4. The van der Waals surface area contributed by atoms with E-state index in [4.69, 9.17) is 4.74 Å². The van der Waals surface area contributed by atoms with Gasteiger partial charge in [-0.15, -0.1) is 35.3 Å². The average Bonchev–Trinajstić information content (AvgIpc) is 3.10. The second-order valence-electron chi connectivity index (χ2n) is 6.16. The van der Waals surface area contributed by atoms with Gasteiger partial charge in [0.1, 0.15) is 5.01 Å². The van der Waals surface area contributed by atoms with Crippen molar-refractivity contribution in [2.24, 2.45) is 4.99 Å². The Morgan fingerprint density at radius 2 is 2.11 bits per heavy atom. The van der Waals surface area contributed by atoms with Crippen LogP contribution in [0.15, 0.2) is 28.6 Å². The Kier molecular flexibility index (Phi) is 10.5. The monoisotopic (exact) mass is 504 g/mol. The van der Waals surface area contributed by atoms with Gasteiger partial charge in [-0.25, -0.2) is 9.98 Å². The molecule has 0 aliphatic rings. The number of hydrogen-bond acceptors (Lipinski definition) is 5. The molecule has 6 nitrogen and oxygen atoms in total. The summed E-state index contributed by atoms with van der Waals surface area (Å²) in [5, 5.41) is 19.8. The molecule has 0 atom stereocenters. The minimum atomic E-state index is 0. The number of nitrogens with one attached hydrogen (secondary N) is 2. The maximum Gasteiger partial charge on any atom is 0.191 e. The number of aromatic hydroxyl groups is 1. The van der Waals surface area contributed by atoms with Crippen molar-refractivity contribution in [1.82, 2.24) is 15.6 Å². The van der Waals surface area contributed by atoms with E-state index in [9.17, 15) is 5.11 Å². The molecule has 0 amide bonds. The number of benzene rings is 1. The van der Waals surface area contributed by atoms with Crippen LogP contribution in [0.25, 0.3) is 0 Å². The van der Waals surface area contributed by atoms with Gasteiger partial charge in [0.25, 0.3) is 0 Å². The van der Waals surface area contributed by atoms with E-state index >= 15 is 0 Å². The predicted molar refractivity (Wildman–Crippen MR) is 123 cm³/mol. The molecule has 0 aliphatic carbocycles. The minimum absolute atomic E-state index is 0. The zero-order valence-electron chi connectivity index (χ0n) is 16.3. The van der Waals surface area contributed by atoms with Crippen molar-refractivity contribution in [2.75, 3.05) is 20.2 Å². The molecule has 0 unspecified atom stereocenters. The van der Waals surface area contributed by atoms with E-state index in [0.717, 1.165) is 28.8 Å². The van der Waals surface area contributed by atoms with Crippen molar-refractivity contribution in [3.05, 3.63) is 39.8 Å². The lowest BCUT2D eigenvalue weighted by atomic mass is 10.1. The van der Waals surface area contributed by atoms with Crippen molar-refractivity contribution in [2.45, 2.75) is 39.7 Å². The smallest absolute Gasteiger partial charge is 0.191 e. The van der Waals surface area contributed by atoms with Gasteiger partial charge in [0.15, 0.2) is 17.5 Å². The number of ether oxygens (including phenoxy) is 1. The Labute approximate surface area is 182 Å². The maximum absolute atomic E-state index is 10.2. The van der Waals surface area contributed by atoms with E-state index in [2.05, 4.69) is 39.8 Å². The second-order valence-corrected chi connectivity index (χ2v) is 7.10. The lowest BCUT2D eigenvalue weighted by Gasteiger charge is -2.12. The molecule has 0 bridgehead atoms. The highest BCUT2D eigenvalue weighted by Crippen LogP contribution is 2.29. The fourth-order valence-corrected chi connectivity index (χ4v) is 3.28. The third-order valence-corrected chi connectivity index (χ3v) is 4.72. The van der Waals surface area contributed by atoms with Gasteiger partial charge in [-0.1, -0.05) is 26.0 Å². The molecule has 1 aromatic carbocycles. The Morgan fingerprint density at radius 1 is 1.33 bits per heavy atom. The van der Waals surface area contributed by atoms with E-state index in [1.807, 2.05) is 19.1 Å². The first kappa shape index (κ1) is 23.5. The van der Waals surface area contributed by atoms with Crippen molar-refractivity contribution < 1.29 is 9.84 Å². The molecule has 3 N–H and O–H groups in total. The summed E-state index contributed by atoms with van der Waals surface area (Å²) in [6.45, 7) is 8.30. The Hall–Kier alpha value is -1.55. The molecular formula is C19H29IN4O2S. The summed E-state index contributed by atoms with van der Waals surface area (Å²) >= 11 is 1.64. The number of aromatic nitrogens is 1. The van der Waals surface area contributed by atoms with Gasteiger partial charge < -0.3 is 20.5 Å². The molecule has 1 aromatic heterocycles. The lowest BCUT2D eigenvalue weighted by molar-refractivity contribution is 0.370. The molecule has 0 radical (unpaired) electrons. The number of para-hydroxylation sites is 1. The van der Waals surface area contributed by atoms with Gasteiger partial charge >= 0.3 is 0 Å². The van der Waals surface area contributed by atoms with Crippen LogP contribution in [-0.2, 0) is 13.0 Å². The molecule has 1 heterocycles. The van der Waals surface area contributed by atoms with Crippen LogP contribution in [0.4, 0.5) is 0 Å². The number of phenols is 1. The zero-order chi connectivity index (χ0) is 18.9. The third kappa shape index (κ3) is 7.17. The van der Waals surface area contributed by atoms with E-state index in [1.165, 1.54) is 0 Å². The second kappa shape index (κ2) is 12.0. The summed E-state index contributed by atoms with van der Waals surface area (Å²) in [5.74, 6) is 1.87. The van der Waals surface area contributed by atoms with E-state index in [0.29, 0.717) is 31.2 Å². The van der Waals surface area contributed by atoms with Gasteiger partial charge in [-0.3, -0.25) is 0 Å². The number of aliphatic imine (C=N–C) groups is 1. The molecule has 0 spiro atoms. The first-order valence-electron chi connectivity index (χ1n) is 8.86. The summed E-state index contributed by atoms with van der Waals surface area (Å²) in [5.41, 5.74) is 1.96. The first-order valence-corrected chi connectivity index (χ1v) is 9.74. The standard InChI is InChI=1S/C19H28N4O2S.HI/c1-5-20-19(22-11-17-23-15(12-26-17)13(2)3)21-10-9-14-7-6-8-16(25-4)18(14)24;/h6-8,12-13,24H,5,9-11H2,1-4H3,(H2,20,21,22);1H. The molecule has 8 heteroatoms. The van der Waals surface area contributed by atoms with E-state index in [-0.39, 0.29) is 29.7 Å². The van der Waals surface area contributed by atoms with E-state index < -0.39 is 0 Å². The Bertz CT molecular complexity index is 734. The molecule has 27 heavy (non-hydrogen) atoms. The number of nitrogens with zero attached hydrogens (tertiary/aromatic N) is 2. The average molecular weight is 504 g/mol. The number of halogens is 1. The number of methoxy groups -OCH3 is 1.